The Morgan fingerprint density at radius 1 is 1.42 bits per heavy atom. The van der Waals surface area contributed by atoms with Crippen molar-refractivity contribution in [3.05, 3.63) is 29.8 Å². The summed E-state index contributed by atoms with van der Waals surface area (Å²) in [4.78, 5) is 10.9. The Kier molecular flexibility index (Phi) is 6.28. The standard InChI is InChI=1S/C14H19NO3.ClH/c1-10(16)18-13-4-2-3-12(9-13)14(15)11-5-7-17-8-6-11;/h2-4,9,11,14H,5-8,15H2,1H3;1H/t14-;/m1./s1. The number of ether oxygens (including phenoxy) is 2. The summed E-state index contributed by atoms with van der Waals surface area (Å²) in [5.41, 5.74) is 7.29. The van der Waals surface area contributed by atoms with Crippen LogP contribution in [0, 0.1) is 5.92 Å². The summed E-state index contributed by atoms with van der Waals surface area (Å²) in [6.45, 7) is 2.95. The van der Waals surface area contributed by atoms with E-state index in [9.17, 15) is 4.79 Å². The maximum Gasteiger partial charge on any atom is 0.308 e. The predicted octanol–water partition coefficient (Wildman–Crippen LogP) is 2.46. The van der Waals surface area contributed by atoms with Gasteiger partial charge in [-0.05, 0) is 36.5 Å². The van der Waals surface area contributed by atoms with Gasteiger partial charge in [-0.15, -0.1) is 12.4 Å². The minimum absolute atomic E-state index is 0. The molecule has 1 aromatic carbocycles. The SMILES string of the molecule is CC(=O)Oc1cccc([C@H](N)C2CCOCC2)c1.Cl. The van der Waals surface area contributed by atoms with E-state index in [-0.39, 0.29) is 24.4 Å². The molecule has 0 aromatic heterocycles. The van der Waals surface area contributed by atoms with Gasteiger partial charge in [-0.3, -0.25) is 4.79 Å². The molecule has 0 bridgehead atoms. The van der Waals surface area contributed by atoms with Crippen LogP contribution in [-0.2, 0) is 9.53 Å². The van der Waals surface area contributed by atoms with Crippen LogP contribution in [-0.4, -0.2) is 19.2 Å². The van der Waals surface area contributed by atoms with Crippen LogP contribution in [0.5, 0.6) is 5.75 Å². The van der Waals surface area contributed by atoms with Crippen molar-refractivity contribution < 1.29 is 14.3 Å². The fourth-order valence-corrected chi connectivity index (χ4v) is 2.30. The third kappa shape index (κ3) is 4.49. The highest BCUT2D eigenvalue weighted by Crippen LogP contribution is 2.29. The molecule has 0 amide bonds. The number of benzene rings is 1. The van der Waals surface area contributed by atoms with E-state index in [0.717, 1.165) is 31.6 Å². The molecule has 1 aromatic rings. The molecule has 1 atom stereocenters. The Morgan fingerprint density at radius 2 is 2.11 bits per heavy atom. The molecule has 4 nitrogen and oxygen atoms in total. The third-order valence-electron chi connectivity index (χ3n) is 3.28. The molecule has 0 unspecified atom stereocenters. The van der Waals surface area contributed by atoms with Gasteiger partial charge in [0.1, 0.15) is 5.75 Å². The quantitative estimate of drug-likeness (QED) is 0.684. The number of rotatable bonds is 3. The molecule has 106 valence electrons. The molecule has 1 saturated heterocycles. The predicted molar refractivity (Wildman–Crippen MR) is 75.5 cm³/mol. The van der Waals surface area contributed by atoms with Crippen molar-refractivity contribution in [2.24, 2.45) is 11.7 Å². The van der Waals surface area contributed by atoms with E-state index in [2.05, 4.69) is 0 Å². The summed E-state index contributed by atoms with van der Waals surface area (Å²) in [5.74, 6) is 0.681. The molecule has 2 rings (SSSR count). The molecule has 0 spiro atoms. The van der Waals surface area contributed by atoms with Crippen LogP contribution in [0.2, 0.25) is 0 Å². The van der Waals surface area contributed by atoms with Gasteiger partial charge in [-0.25, -0.2) is 0 Å². The fourth-order valence-electron chi connectivity index (χ4n) is 2.30. The minimum atomic E-state index is -0.313. The molecule has 1 aliphatic rings. The Hall–Kier alpha value is -1.10. The number of hydrogen-bond acceptors (Lipinski definition) is 4. The fraction of sp³-hybridized carbons (Fsp3) is 0.500. The smallest absolute Gasteiger partial charge is 0.308 e. The Morgan fingerprint density at radius 3 is 2.74 bits per heavy atom. The summed E-state index contributed by atoms with van der Waals surface area (Å²) >= 11 is 0. The first-order valence-electron chi connectivity index (χ1n) is 6.28. The lowest BCUT2D eigenvalue weighted by Crippen LogP contribution is -2.27. The summed E-state index contributed by atoms with van der Waals surface area (Å²) in [6, 6.07) is 7.44. The van der Waals surface area contributed by atoms with E-state index in [0.29, 0.717) is 11.7 Å². The van der Waals surface area contributed by atoms with Crippen molar-refractivity contribution in [1.29, 1.82) is 0 Å². The van der Waals surface area contributed by atoms with E-state index in [4.69, 9.17) is 15.2 Å². The van der Waals surface area contributed by atoms with Crippen LogP contribution < -0.4 is 10.5 Å². The average Bonchev–Trinajstić information content (AvgIpc) is 2.38. The lowest BCUT2D eigenvalue weighted by atomic mass is 9.88. The molecule has 19 heavy (non-hydrogen) atoms. The molecule has 1 heterocycles. The lowest BCUT2D eigenvalue weighted by Gasteiger charge is -2.28. The van der Waals surface area contributed by atoms with Gasteiger partial charge in [-0.1, -0.05) is 12.1 Å². The van der Waals surface area contributed by atoms with Crippen LogP contribution in [0.3, 0.4) is 0 Å². The van der Waals surface area contributed by atoms with Gasteiger partial charge in [0.05, 0.1) is 0 Å². The van der Waals surface area contributed by atoms with Gasteiger partial charge in [0.15, 0.2) is 0 Å². The number of carbonyl (C=O) groups is 1. The zero-order valence-corrected chi connectivity index (χ0v) is 11.8. The molecular weight excluding hydrogens is 266 g/mol. The summed E-state index contributed by atoms with van der Waals surface area (Å²) in [6.07, 6.45) is 1.97. The molecule has 0 aliphatic carbocycles. The first kappa shape index (κ1) is 16.0. The van der Waals surface area contributed by atoms with Crippen LogP contribution in [0.4, 0.5) is 0 Å². The van der Waals surface area contributed by atoms with E-state index in [1.165, 1.54) is 6.92 Å². The number of esters is 1. The number of hydrogen-bond donors (Lipinski definition) is 1. The topological polar surface area (TPSA) is 61.5 Å². The highest BCUT2D eigenvalue weighted by molar-refractivity contribution is 5.85. The second kappa shape index (κ2) is 7.48. The number of carbonyl (C=O) groups excluding carboxylic acids is 1. The molecule has 1 fully saturated rings. The largest absolute Gasteiger partial charge is 0.427 e. The van der Waals surface area contributed by atoms with Gasteiger partial charge in [0.25, 0.3) is 0 Å². The Labute approximate surface area is 119 Å². The van der Waals surface area contributed by atoms with E-state index in [1.54, 1.807) is 6.07 Å². The second-order valence-corrected chi connectivity index (χ2v) is 4.64. The Balaban J connectivity index is 0.00000180. The lowest BCUT2D eigenvalue weighted by molar-refractivity contribution is -0.131. The molecule has 5 heteroatoms. The Bertz CT molecular complexity index is 419. The molecule has 2 N–H and O–H groups in total. The van der Waals surface area contributed by atoms with Gasteiger partial charge in [-0.2, -0.15) is 0 Å². The van der Waals surface area contributed by atoms with Crippen LogP contribution in [0.1, 0.15) is 31.4 Å². The summed E-state index contributed by atoms with van der Waals surface area (Å²) < 4.78 is 10.4. The van der Waals surface area contributed by atoms with Crippen molar-refractivity contribution in [2.75, 3.05) is 13.2 Å². The van der Waals surface area contributed by atoms with Crippen molar-refractivity contribution in [2.45, 2.75) is 25.8 Å². The molecule has 0 radical (unpaired) electrons. The second-order valence-electron chi connectivity index (χ2n) is 4.64. The number of nitrogens with two attached hydrogens (primary N) is 1. The summed E-state index contributed by atoms with van der Waals surface area (Å²) in [5, 5.41) is 0. The first-order valence-corrected chi connectivity index (χ1v) is 6.28. The van der Waals surface area contributed by atoms with Crippen molar-refractivity contribution in [3.63, 3.8) is 0 Å². The zero-order valence-electron chi connectivity index (χ0n) is 11.0. The van der Waals surface area contributed by atoms with Crippen molar-refractivity contribution in [1.82, 2.24) is 0 Å². The average molecular weight is 286 g/mol. The van der Waals surface area contributed by atoms with Crippen LogP contribution in [0.15, 0.2) is 24.3 Å². The highest BCUT2D eigenvalue weighted by Gasteiger charge is 2.22. The molecular formula is C14H20ClNO3. The highest BCUT2D eigenvalue weighted by atomic mass is 35.5. The molecule has 1 aliphatic heterocycles. The van der Waals surface area contributed by atoms with Crippen LogP contribution >= 0.6 is 12.4 Å². The van der Waals surface area contributed by atoms with E-state index in [1.807, 2.05) is 18.2 Å². The van der Waals surface area contributed by atoms with Crippen molar-refractivity contribution >= 4 is 18.4 Å². The van der Waals surface area contributed by atoms with Gasteiger partial charge in [0, 0.05) is 26.2 Å². The number of halogens is 1. The van der Waals surface area contributed by atoms with Crippen molar-refractivity contribution in [3.8, 4) is 5.75 Å². The first-order chi connectivity index (χ1) is 8.66. The maximum absolute atomic E-state index is 10.9. The van der Waals surface area contributed by atoms with Crippen LogP contribution in [0.25, 0.3) is 0 Å². The van der Waals surface area contributed by atoms with Gasteiger partial charge < -0.3 is 15.2 Å². The minimum Gasteiger partial charge on any atom is -0.427 e. The van der Waals surface area contributed by atoms with Gasteiger partial charge >= 0.3 is 5.97 Å². The normalized spacial score (nSPS) is 17.4. The summed E-state index contributed by atoms with van der Waals surface area (Å²) in [7, 11) is 0. The monoisotopic (exact) mass is 285 g/mol. The van der Waals surface area contributed by atoms with E-state index >= 15 is 0 Å². The zero-order chi connectivity index (χ0) is 13.0. The molecule has 0 saturated carbocycles. The maximum atomic E-state index is 10.9. The van der Waals surface area contributed by atoms with Gasteiger partial charge in [0.2, 0.25) is 0 Å². The van der Waals surface area contributed by atoms with E-state index < -0.39 is 0 Å². The third-order valence-corrected chi connectivity index (χ3v) is 3.28.